The molecule has 0 bridgehead atoms. The first-order chi connectivity index (χ1) is 10.1. The van der Waals surface area contributed by atoms with Gasteiger partial charge in [-0.05, 0) is 42.4 Å². The maximum atomic E-state index is 13.8. The van der Waals surface area contributed by atoms with Crippen LogP contribution >= 0.6 is 0 Å². The second-order valence-corrected chi connectivity index (χ2v) is 6.25. The molecule has 0 spiro atoms. The van der Waals surface area contributed by atoms with Gasteiger partial charge in [0.05, 0.1) is 5.56 Å². The lowest BCUT2D eigenvalue weighted by molar-refractivity contribution is 0.252. The summed E-state index contributed by atoms with van der Waals surface area (Å²) < 4.78 is 27.4. The molecular weight excluding hydrogens is 268 g/mol. The summed E-state index contributed by atoms with van der Waals surface area (Å²) in [5.41, 5.74) is 0.193. The minimum Gasteiger partial charge on any atom is -0.207 e. The fourth-order valence-electron chi connectivity index (χ4n) is 3.44. The largest absolute Gasteiger partial charge is 0.207 e. The average Bonchev–Trinajstić information content (AvgIpc) is 2.49. The Hall–Kier alpha value is -1.43. The lowest BCUT2D eigenvalue weighted by atomic mass is 9.78. The summed E-state index contributed by atoms with van der Waals surface area (Å²) in [7, 11) is 0. The van der Waals surface area contributed by atoms with E-state index >= 15 is 0 Å². The van der Waals surface area contributed by atoms with Crippen molar-refractivity contribution in [2.45, 2.75) is 58.3 Å². The number of benzene rings is 1. The van der Waals surface area contributed by atoms with E-state index in [1.807, 2.05) is 0 Å². The molecule has 2 rings (SSSR count). The third kappa shape index (κ3) is 4.27. The van der Waals surface area contributed by atoms with Crippen LogP contribution in [0.2, 0.25) is 0 Å². The second-order valence-electron chi connectivity index (χ2n) is 6.25. The van der Waals surface area contributed by atoms with Crippen molar-refractivity contribution in [3.63, 3.8) is 0 Å². The Kier molecular flexibility index (Phi) is 5.73. The van der Waals surface area contributed by atoms with Crippen LogP contribution in [0.25, 0.3) is 0 Å². The van der Waals surface area contributed by atoms with Crippen LogP contribution in [0, 0.1) is 34.8 Å². The van der Waals surface area contributed by atoms with E-state index < -0.39 is 11.6 Å². The van der Waals surface area contributed by atoms with E-state index in [9.17, 15) is 8.78 Å². The fourth-order valence-corrected chi connectivity index (χ4v) is 3.44. The van der Waals surface area contributed by atoms with Gasteiger partial charge >= 0.3 is 0 Å². The molecule has 1 fully saturated rings. The van der Waals surface area contributed by atoms with Crippen molar-refractivity contribution in [2.24, 2.45) is 11.8 Å². The number of halogens is 2. The Labute approximate surface area is 126 Å². The lowest BCUT2D eigenvalue weighted by Crippen LogP contribution is -2.15. The molecule has 3 heteroatoms. The molecule has 0 heterocycles. The van der Waals surface area contributed by atoms with Crippen molar-refractivity contribution >= 4 is 0 Å². The number of rotatable bonds is 5. The van der Waals surface area contributed by atoms with Gasteiger partial charge in [-0.2, -0.15) is 5.26 Å². The minimum absolute atomic E-state index is 0.212. The average molecular weight is 291 g/mol. The molecule has 1 aromatic rings. The van der Waals surface area contributed by atoms with Crippen LogP contribution in [0.4, 0.5) is 8.78 Å². The zero-order valence-corrected chi connectivity index (χ0v) is 12.7. The van der Waals surface area contributed by atoms with Gasteiger partial charge in [0, 0.05) is 0 Å². The molecular formula is C18H23F2N. The molecule has 0 unspecified atom stereocenters. The third-order valence-corrected chi connectivity index (χ3v) is 4.74. The summed E-state index contributed by atoms with van der Waals surface area (Å²) in [6.07, 6.45) is 9.05. The fraction of sp³-hybridized carbons (Fsp3) is 0.611. The van der Waals surface area contributed by atoms with E-state index in [1.165, 1.54) is 44.6 Å². The van der Waals surface area contributed by atoms with Gasteiger partial charge in [0.1, 0.15) is 17.7 Å². The SMILES string of the molecule is CCCC1CCC(CCc2cc(F)c(C#N)cc2F)CC1. The standard InChI is InChI=1S/C18H23F2N/c1-2-3-13-4-6-14(7-5-13)8-9-15-10-18(20)16(12-21)11-17(15)19/h10-11,13-14H,2-9H2,1H3. The molecule has 1 nitrogen and oxygen atoms in total. The van der Waals surface area contributed by atoms with Gasteiger partial charge in [-0.1, -0.05) is 45.4 Å². The maximum absolute atomic E-state index is 13.8. The van der Waals surface area contributed by atoms with Gasteiger partial charge in [0.2, 0.25) is 0 Å². The molecule has 0 N–H and O–H groups in total. The van der Waals surface area contributed by atoms with Crippen LogP contribution in [0.5, 0.6) is 0 Å². The summed E-state index contributed by atoms with van der Waals surface area (Å²) in [5, 5.41) is 8.68. The smallest absolute Gasteiger partial charge is 0.141 e. The van der Waals surface area contributed by atoms with Crippen molar-refractivity contribution < 1.29 is 8.78 Å². The molecule has 0 amide bonds. The summed E-state index contributed by atoms with van der Waals surface area (Å²) in [5.74, 6) is 0.444. The Morgan fingerprint density at radius 3 is 2.24 bits per heavy atom. The zero-order valence-electron chi connectivity index (χ0n) is 12.7. The van der Waals surface area contributed by atoms with Gasteiger partial charge in [0.15, 0.2) is 0 Å². The van der Waals surface area contributed by atoms with Crippen molar-refractivity contribution in [3.8, 4) is 6.07 Å². The predicted molar refractivity (Wildman–Crippen MR) is 79.8 cm³/mol. The highest BCUT2D eigenvalue weighted by Crippen LogP contribution is 2.34. The van der Waals surface area contributed by atoms with Gasteiger partial charge in [-0.3, -0.25) is 0 Å². The van der Waals surface area contributed by atoms with Crippen molar-refractivity contribution in [3.05, 3.63) is 34.9 Å². The number of nitriles is 1. The van der Waals surface area contributed by atoms with Crippen LogP contribution in [0.3, 0.4) is 0 Å². The van der Waals surface area contributed by atoms with E-state index in [0.29, 0.717) is 17.9 Å². The Morgan fingerprint density at radius 2 is 1.67 bits per heavy atom. The van der Waals surface area contributed by atoms with E-state index in [0.717, 1.165) is 18.4 Å². The molecule has 0 radical (unpaired) electrons. The molecule has 0 atom stereocenters. The molecule has 1 aliphatic carbocycles. The summed E-state index contributed by atoms with van der Waals surface area (Å²) >= 11 is 0. The topological polar surface area (TPSA) is 23.8 Å². The molecule has 0 aromatic heterocycles. The van der Waals surface area contributed by atoms with Crippen LogP contribution in [-0.4, -0.2) is 0 Å². The van der Waals surface area contributed by atoms with Crippen molar-refractivity contribution in [1.82, 2.24) is 0 Å². The van der Waals surface area contributed by atoms with Crippen molar-refractivity contribution in [2.75, 3.05) is 0 Å². The number of hydrogen-bond acceptors (Lipinski definition) is 1. The zero-order chi connectivity index (χ0) is 15.2. The van der Waals surface area contributed by atoms with E-state index in [-0.39, 0.29) is 5.56 Å². The number of nitrogens with zero attached hydrogens (tertiary/aromatic N) is 1. The van der Waals surface area contributed by atoms with Gasteiger partial charge in [-0.15, -0.1) is 0 Å². The molecule has 0 saturated heterocycles. The highest BCUT2D eigenvalue weighted by molar-refractivity contribution is 5.34. The number of hydrogen-bond donors (Lipinski definition) is 0. The molecule has 1 saturated carbocycles. The van der Waals surface area contributed by atoms with Crippen LogP contribution in [0.15, 0.2) is 12.1 Å². The maximum Gasteiger partial charge on any atom is 0.141 e. The van der Waals surface area contributed by atoms with Crippen molar-refractivity contribution in [1.29, 1.82) is 5.26 Å². The normalized spacial score (nSPS) is 22.0. The monoisotopic (exact) mass is 291 g/mol. The first kappa shape index (κ1) is 15.9. The van der Waals surface area contributed by atoms with E-state index in [4.69, 9.17) is 5.26 Å². The van der Waals surface area contributed by atoms with Crippen LogP contribution in [0.1, 0.15) is 63.0 Å². The highest BCUT2D eigenvalue weighted by Gasteiger charge is 2.21. The lowest BCUT2D eigenvalue weighted by Gasteiger charge is -2.28. The second kappa shape index (κ2) is 7.54. The first-order valence-corrected chi connectivity index (χ1v) is 8.02. The molecule has 1 aliphatic rings. The van der Waals surface area contributed by atoms with Crippen LogP contribution < -0.4 is 0 Å². The van der Waals surface area contributed by atoms with E-state index in [1.54, 1.807) is 6.07 Å². The first-order valence-electron chi connectivity index (χ1n) is 8.02. The minimum atomic E-state index is -0.611. The molecule has 0 aliphatic heterocycles. The quantitative estimate of drug-likeness (QED) is 0.715. The summed E-state index contributed by atoms with van der Waals surface area (Å²) in [6.45, 7) is 2.23. The molecule has 21 heavy (non-hydrogen) atoms. The highest BCUT2D eigenvalue weighted by atomic mass is 19.1. The Balaban J connectivity index is 1.87. The number of aryl methyl sites for hydroxylation is 1. The Bertz CT molecular complexity index is 511. The molecule has 1 aromatic carbocycles. The predicted octanol–water partition coefficient (Wildman–Crippen LogP) is 5.38. The van der Waals surface area contributed by atoms with E-state index in [2.05, 4.69) is 6.92 Å². The third-order valence-electron chi connectivity index (χ3n) is 4.74. The van der Waals surface area contributed by atoms with Gasteiger partial charge < -0.3 is 0 Å². The summed E-state index contributed by atoms with van der Waals surface area (Å²) in [6, 6.07) is 3.88. The molecule has 114 valence electrons. The Morgan fingerprint density at radius 1 is 1.05 bits per heavy atom. The van der Waals surface area contributed by atoms with Gasteiger partial charge in [-0.25, -0.2) is 8.78 Å². The van der Waals surface area contributed by atoms with Gasteiger partial charge in [0.25, 0.3) is 0 Å². The summed E-state index contributed by atoms with van der Waals surface area (Å²) in [4.78, 5) is 0. The van der Waals surface area contributed by atoms with Crippen LogP contribution in [-0.2, 0) is 6.42 Å².